The van der Waals surface area contributed by atoms with Gasteiger partial charge in [0.1, 0.15) is 5.75 Å². The Hall–Kier alpha value is -1.46. The number of hydrogen-bond donors (Lipinski definition) is 1. The molecule has 1 fully saturated rings. The van der Waals surface area contributed by atoms with E-state index in [0.29, 0.717) is 17.7 Å². The molecule has 0 saturated heterocycles. The van der Waals surface area contributed by atoms with Crippen molar-refractivity contribution in [2.75, 3.05) is 12.9 Å². The SMILES string of the molecule is COc1cccc(C(O)CSc2ncc(C(C)C)n2C2CC2)c1. The highest BCUT2D eigenvalue weighted by Crippen LogP contribution is 2.41. The van der Waals surface area contributed by atoms with Crippen LogP contribution < -0.4 is 4.74 Å². The van der Waals surface area contributed by atoms with Gasteiger partial charge in [-0.3, -0.25) is 0 Å². The zero-order chi connectivity index (χ0) is 16.4. The second kappa shape index (κ2) is 6.97. The maximum atomic E-state index is 10.4. The Bertz CT molecular complexity index is 665. The van der Waals surface area contributed by atoms with E-state index in [2.05, 4.69) is 23.4 Å². The molecule has 0 radical (unpaired) electrons. The molecule has 1 atom stereocenters. The smallest absolute Gasteiger partial charge is 0.168 e. The molecule has 1 aromatic heterocycles. The largest absolute Gasteiger partial charge is 0.497 e. The predicted molar refractivity (Wildman–Crippen MR) is 93.3 cm³/mol. The zero-order valence-corrected chi connectivity index (χ0v) is 14.7. The minimum absolute atomic E-state index is 0.473. The third kappa shape index (κ3) is 3.72. The maximum Gasteiger partial charge on any atom is 0.168 e. The van der Waals surface area contributed by atoms with E-state index in [1.54, 1.807) is 18.9 Å². The molecule has 2 aromatic rings. The van der Waals surface area contributed by atoms with E-state index in [1.165, 1.54) is 18.5 Å². The summed E-state index contributed by atoms with van der Waals surface area (Å²) in [5, 5.41) is 11.5. The first-order valence-corrected chi connectivity index (χ1v) is 9.10. The molecule has 3 rings (SSSR count). The Morgan fingerprint density at radius 3 is 2.83 bits per heavy atom. The molecule has 1 aliphatic rings. The lowest BCUT2D eigenvalue weighted by atomic mass is 10.1. The molecular weight excluding hydrogens is 308 g/mol. The van der Waals surface area contributed by atoms with Gasteiger partial charge in [0.15, 0.2) is 5.16 Å². The average molecular weight is 332 g/mol. The fraction of sp³-hybridized carbons (Fsp3) is 0.500. The Kier molecular flexibility index (Phi) is 4.97. The van der Waals surface area contributed by atoms with E-state index in [-0.39, 0.29) is 0 Å². The second-order valence-electron chi connectivity index (χ2n) is 6.32. The summed E-state index contributed by atoms with van der Waals surface area (Å²) in [6.45, 7) is 4.41. The van der Waals surface area contributed by atoms with Gasteiger partial charge >= 0.3 is 0 Å². The van der Waals surface area contributed by atoms with Gasteiger partial charge in [-0.1, -0.05) is 37.7 Å². The van der Waals surface area contributed by atoms with Crippen molar-refractivity contribution in [1.29, 1.82) is 0 Å². The topological polar surface area (TPSA) is 47.3 Å². The van der Waals surface area contributed by atoms with Crippen molar-refractivity contribution >= 4 is 11.8 Å². The molecule has 0 aliphatic heterocycles. The zero-order valence-electron chi connectivity index (χ0n) is 13.9. The average Bonchev–Trinajstić information content (AvgIpc) is 3.31. The molecule has 1 heterocycles. The molecule has 0 spiro atoms. The number of imidazole rings is 1. The van der Waals surface area contributed by atoms with Crippen LogP contribution in [0.2, 0.25) is 0 Å². The van der Waals surface area contributed by atoms with Crippen LogP contribution in [0.3, 0.4) is 0 Å². The second-order valence-corrected chi connectivity index (χ2v) is 7.31. The number of aromatic nitrogens is 2. The molecule has 1 unspecified atom stereocenters. The summed E-state index contributed by atoms with van der Waals surface area (Å²) in [7, 11) is 1.64. The number of hydrogen-bond acceptors (Lipinski definition) is 4. The molecule has 1 aliphatic carbocycles. The van der Waals surface area contributed by atoms with Crippen LogP contribution in [0.4, 0.5) is 0 Å². The van der Waals surface area contributed by atoms with Gasteiger partial charge in [0.25, 0.3) is 0 Å². The van der Waals surface area contributed by atoms with Crippen molar-refractivity contribution in [3.8, 4) is 5.75 Å². The minimum atomic E-state index is -0.526. The quantitative estimate of drug-likeness (QED) is 0.773. The van der Waals surface area contributed by atoms with Gasteiger partial charge < -0.3 is 14.4 Å². The number of benzene rings is 1. The van der Waals surface area contributed by atoms with Crippen LogP contribution in [0.15, 0.2) is 35.6 Å². The third-order valence-electron chi connectivity index (χ3n) is 4.14. The molecule has 124 valence electrons. The van der Waals surface area contributed by atoms with Gasteiger partial charge in [0.05, 0.1) is 13.2 Å². The van der Waals surface area contributed by atoms with E-state index in [1.807, 2.05) is 30.5 Å². The van der Waals surface area contributed by atoms with Crippen LogP contribution in [0, 0.1) is 0 Å². The molecule has 4 nitrogen and oxygen atoms in total. The first kappa shape index (κ1) is 16.4. The van der Waals surface area contributed by atoms with Gasteiger partial charge in [-0.2, -0.15) is 0 Å². The number of rotatable bonds is 7. The van der Waals surface area contributed by atoms with Crippen LogP contribution in [-0.4, -0.2) is 27.5 Å². The minimum Gasteiger partial charge on any atom is -0.497 e. The molecule has 1 N–H and O–H groups in total. The molecule has 1 aromatic carbocycles. The normalized spacial score (nSPS) is 15.9. The Morgan fingerprint density at radius 2 is 2.17 bits per heavy atom. The fourth-order valence-corrected chi connectivity index (χ4v) is 3.71. The molecule has 1 saturated carbocycles. The van der Waals surface area contributed by atoms with Crippen molar-refractivity contribution in [1.82, 2.24) is 9.55 Å². The Morgan fingerprint density at radius 1 is 1.39 bits per heavy atom. The highest BCUT2D eigenvalue weighted by Gasteiger charge is 2.29. The Labute approximate surface area is 141 Å². The van der Waals surface area contributed by atoms with Crippen LogP contribution >= 0.6 is 11.8 Å². The number of nitrogens with zero attached hydrogens (tertiary/aromatic N) is 2. The summed E-state index contributed by atoms with van der Waals surface area (Å²) in [4.78, 5) is 4.59. The number of aliphatic hydroxyl groups excluding tert-OH is 1. The number of thioether (sulfide) groups is 1. The molecule has 0 amide bonds. The van der Waals surface area contributed by atoms with Gasteiger partial charge in [-0.05, 0) is 36.5 Å². The van der Waals surface area contributed by atoms with Gasteiger partial charge in [0.2, 0.25) is 0 Å². The molecule has 0 bridgehead atoms. The van der Waals surface area contributed by atoms with E-state index in [9.17, 15) is 5.11 Å². The summed E-state index contributed by atoms with van der Waals surface area (Å²) in [6.07, 6.45) is 3.94. The number of methoxy groups -OCH3 is 1. The lowest BCUT2D eigenvalue weighted by Gasteiger charge is -2.15. The van der Waals surface area contributed by atoms with Crippen LogP contribution in [0.5, 0.6) is 5.75 Å². The van der Waals surface area contributed by atoms with Gasteiger partial charge in [-0.15, -0.1) is 0 Å². The van der Waals surface area contributed by atoms with Gasteiger partial charge in [-0.25, -0.2) is 4.98 Å². The van der Waals surface area contributed by atoms with E-state index in [0.717, 1.165) is 16.5 Å². The number of ether oxygens (including phenoxy) is 1. The van der Waals surface area contributed by atoms with E-state index >= 15 is 0 Å². The van der Waals surface area contributed by atoms with Crippen molar-refractivity contribution in [3.05, 3.63) is 41.7 Å². The van der Waals surface area contributed by atoms with Crippen LogP contribution in [-0.2, 0) is 0 Å². The maximum absolute atomic E-state index is 10.4. The number of aliphatic hydroxyl groups is 1. The van der Waals surface area contributed by atoms with E-state index in [4.69, 9.17) is 4.74 Å². The van der Waals surface area contributed by atoms with Gasteiger partial charge in [0, 0.05) is 23.7 Å². The first-order valence-electron chi connectivity index (χ1n) is 8.12. The Balaban J connectivity index is 1.70. The monoisotopic (exact) mass is 332 g/mol. The molecule has 23 heavy (non-hydrogen) atoms. The van der Waals surface area contributed by atoms with Crippen LogP contribution in [0.1, 0.15) is 56.0 Å². The lowest BCUT2D eigenvalue weighted by Crippen LogP contribution is -2.06. The fourth-order valence-electron chi connectivity index (χ4n) is 2.69. The highest BCUT2D eigenvalue weighted by atomic mass is 32.2. The molecule has 5 heteroatoms. The lowest BCUT2D eigenvalue weighted by molar-refractivity contribution is 0.203. The predicted octanol–water partition coefficient (Wildman–Crippen LogP) is 4.18. The highest BCUT2D eigenvalue weighted by molar-refractivity contribution is 7.99. The third-order valence-corrected chi connectivity index (χ3v) is 5.19. The standard InChI is InChI=1S/C18H24N2O2S/c1-12(2)16-10-19-18(20(16)14-7-8-14)23-11-17(21)13-5-4-6-15(9-13)22-3/h4-6,9-10,12,14,17,21H,7-8,11H2,1-3H3. The summed E-state index contributed by atoms with van der Waals surface area (Å²) >= 11 is 1.63. The van der Waals surface area contributed by atoms with Crippen LogP contribution in [0.25, 0.3) is 0 Å². The summed E-state index contributed by atoms with van der Waals surface area (Å²) < 4.78 is 7.59. The molecular formula is C18H24N2O2S. The van der Waals surface area contributed by atoms with Crippen molar-refractivity contribution in [2.24, 2.45) is 0 Å². The summed E-state index contributed by atoms with van der Waals surface area (Å²) in [5.74, 6) is 1.84. The summed E-state index contributed by atoms with van der Waals surface area (Å²) in [5.41, 5.74) is 2.18. The van der Waals surface area contributed by atoms with Crippen molar-refractivity contribution < 1.29 is 9.84 Å². The van der Waals surface area contributed by atoms with E-state index < -0.39 is 6.10 Å². The summed E-state index contributed by atoms with van der Waals surface area (Å²) in [6, 6.07) is 8.22. The van der Waals surface area contributed by atoms with Crippen molar-refractivity contribution in [2.45, 2.75) is 49.9 Å². The first-order chi connectivity index (χ1) is 11.1. The van der Waals surface area contributed by atoms with Crippen molar-refractivity contribution in [3.63, 3.8) is 0 Å².